The van der Waals surface area contributed by atoms with Crippen LogP contribution in [-0.2, 0) is 6.18 Å². The molecule has 1 atom stereocenters. The summed E-state index contributed by atoms with van der Waals surface area (Å²) < 4.78 is 42.3. The van der Waals surface area contributed by atoms with Gasteiger partial charge in [-0.2, -0.15) is 22.8 Å². The first-order valence-corrected chi connectivity index (χ1v) is 8.52. The molecule has 138 valence electrons. The third kappa shape index (κ3) is 3.38. The smallest absolute Gasteiger partial charge is 0.367 e. The third-order valence-electron chi connectivity index (χ3n) is 4.33. The van der Waals surface area contributed by atoms with E-state index in [9.17, 15) is 13.2 Å². The van der Waals surface area contributed by atoms with Crippen molar-refractivity contribution in [2.24, 2.45) is 0 Å². The predicted molar refractivity (Wildman–Crippen MR) is 96.3 cm³/mol. The van der Waals surface area contributed by atoms with Crippen LogP contribution in [0.15, 0.2) is 30.3 Å². The second-order valence-corrected chi connectivity index (χ2v) is 6.56. The highest BCUT2D eigenvalue weighted by atomic mass is 19.4. The van der Waals surface area contributed by atoms with Crippen molar-refractivity contribution >= 4 is 11.5 Å². The minimum Gasteiger partial charge on any atom is -0.367 e. The van der Waals surface area contributed by atoms with Gasteiger partial charge in [-0.1, -0.05) is 36.8 Å². The number of nitrogens with zero attached hydrogens (tertiary/aromatic N) is 3. The average molecular weight is 362 g/mol. The van der Waals surface area contributed by atoms with Gasteiger partial charge in [0.15, 0.2) is 11.3 Å². The standard InChI is InChI=1S/C19H21F3N4/c1-5-12(3)23-15-10-13(4)24-18-16(14-8-6-11(2)7-9-14)17(19(20,21)22)25-26(15)18/h6-10,12,23H,5H2,1-4H3/t12-/m0/s1. The molecule has 1 aromatic carbocycles. The Morgan fingerprint density at radius 2 is 1.81 bits per heavy atom. The molecule has 0 bridgehead atoms. The zero-order valence-electron chi connectivity index (χ0n) is 15.1. The van der Waals surface area contributed by atoms with Crippen molar-refractivity contribution in [2.75, 3.05) is 5.32 Å². The van der Waals surface area contributed by atoms with E-state index in [1.807, 2.05) is 20.8 Å². The lowest BCUT2D eigenvalue weighted by Gasteiger charge is -2.14. The maximum absolute atomic E-state index is 13.7. The molecule has 0 unspecified atom stereocenters. The molecular formula is C19H21F3N4. The summed E-state index contributed by atoms with van der Waals surface area (Å²) in [6.07, 6.45) is -3.74. The number of rotatable bonds is 4. The van der Waals surface area contributed by atoms with Crippen molar-refractivity contribution in [1.82, 2.24) is 14.6 Å². The van der Waals surface area contributed by atoms with Gasteiger partial charge in [0, 0.05) is 17.8 Å². The Balaban J connectivity index is 2.32. The fourth-order valence-corrected chi connectivity index (χ4v) is 2.78. The molecule has 3 aromatic rings. The SMILES string of the molecule is CC[C@H](C)Nc1cc(C)nc2c(-c3ccc(C)cc3)c(C(F)(F)F)nn12. The zero-order valence-corrected chi connectivity index (χ0v) is 15.1. The number of nitrogens with one attached hydrogen (secondary N) is 1. The molecule has 3 rings (SSSR count). The Labute approximate surface area is 150 Å². The molecule has 26 heavy (non-hydrogen) atoms. The number of aromatic nitrogens is 3. The van der Waals surface area contributed by atoms with E-state index in [1.165, 1.54) is 4.52 Å². The maximum Gasteiger partial charge on any atom is 0.435 e. The molecule has 0 radical (unpaired) electrons. The van der Waals surface area contributed by atoms with Crippen LogP contribution < -0.4 is 5.32 Å². The van der Waals surface area contributed by atoms with Gasteiger partial charge in [0.25, 0.3) is 0 Å². The molecular weight excluding hydrogens is 341 g/mol. The van der Waals surface area contributed by atoms with Crippen LogP contribution in [0.5, 0.6) is 0 Å². The first-order chi connectivity index (χ1) is 12.2. The number of fused-ring (bicyclic) bond motifs is 1. The molecule has 0 spiro atoms. The minimum atomic E-state index is -4.57. The third-order valence-corrected chi connectivity index (χ3v) is 4.33. The molecule has 0 aliphatic carbocycles. The zero-order chi connectivity index (χ0) is 19.1. The lowest BCUT2D eigenvalue weighted by molar-refractivity contribution is -0.140. The fourth-order valence-electron chi connectivity index (χ4n) is 2.78. The van der Waals surface area contributed by atoms with Gasteiger partial charge in [0.1, 0.15) is 5.82 Å². The molecule has 4 nitrogen and oxygen atoms in total. The highest BCUT2D eigenvalue weighted by Crippen LogP contribution is 2.39. The second-order valence-electron chi connectivity index (χ2n) is 6.56. The van der Waals surface area contributed by atoms with Crippen molar-refractivity contribution in [2.45, 2.75) is 46.3 Å². The van der Waals surface area contributed by atoms with Crippen LogP contribution in [0, 0.1) is 13.8 Å². The van der Waals surface area contributed by atoms with Crippen LogP contribution in [0.25, 0.3) is 16.8 Å². The minimum absolute atomic E-state index is 0.00778. The first kappa shape index (κ1) is 18.2. The summed E-state index contributed by atoms with van der Waals surface area (Å²) in [5, 5.41) is 7.10. The normalized spacial score (nSPS) is 13.2. The first-order valence-electron chi connectivity index (χ1n) is 8.52. The summed E-state index contributed by atoms with van der Waals surface area (Å²) >= 11 is 0. The van der Waals surface area contributed by atoms with E-state index in [4.69, 9.17) is 0 Å². The monoisotopic (exact) mass is 362 g/mol. The Kier molecular flexibility index (Phi) is 4.64. The fraction of sp³-hybridized carbons (Fsp3) is 0.368. The number of hydrogen-bond acceptors (Lipinski definition) is 3. The molecule has 0 amide bonds. The number of benzene rings is 1. The van der Waals surface area contributed by atoms with Gasteiger partial charge in [-0.25, -0.2) is 4.98 Å². The quantitative estimate of drug-likeness (QED) is 0.690. The van der Waals surface area contributed by atoms with Crippen LogP contribution in [0.1, 0.15) is 37.2 Å². The average Bonchev–Trinajstić information content (AvgIpc) is 2.95. The van der Waals surface area contributed by atoms with Gasteiger partial charge >= 0.3 is 6.18 Å². The van der Waals surface area contributed by atoms with Gasteiger partial charge in [0.05, 0.1) is 5.56 Å². The summed E-state index contributed by atoms with van der Waals surface area (Å²) in [6.45, 7) is 7.63. The number of hydrogen-bond donors (Lipinski definition) is 1. The van der Waals surface area contributed by atoms with E-state index < -0.39 is 11.9 Å². The Bertz CT molecular complexity index is 927. The number of halogens is 3. The molecule has 0 fully saturated rings. The van der Waals surface area contributed by atoms with Crippen molar-refractivity contribution in [1.29, 1.82) is 0 Å². The predicted octanol–water partition coefficient (Wildman–Crippen LogP) is 5.24. The molecule has 1 N–H and O–H groups in total. The molecule has 7 heteroatoms. The van der Waals surface area contributed by atoms with Crippen LogP contribution >= 0.6 is 0 Å². The van der Waals surface area contributed by atoms with Gasteiger partial charge in [0.2, 0.25) is 0 Å². The van der Waals surface area contributed by atoms with E-state index in [0.29, 0.717) is 17.1 Å². The van der Waals surface area contributed by atoms with E-state index in [-0.39, 0.29) is 17.3 Å². The lowest BCUT2D eigenvalue weighted by Crippen LogP contribution is -2.17. The Morgan fingerprint density at radius 1 is 1.15 bits per heavy atom. The van der Waals surface area contributed by atoms with E-state index in [1.54, 1.807) is 37.3 Å². The van der Waals surface area contributed by atoms with Crippen LogP contribution in [-0.4, -0.2) is 20.6 Å². The van der Waals surface area contributed by atoms with Crippen molar-refractivity contribution in [3.8, 4) is 11.1 Å². The molecule has 0 saturated heterocycles. The van der Waals surface area contributed by atoms with E-state index in [2.05, 4.69) is 15.4 Å². The Morgan fingerprint density at radius 3 is 2.38 bits per heavy atom. The molecule has 2 aromatic heterocycles. The van der Waals surface area contributed by atoms with Crippen LogP contribution in [0.2, 0.25) is 0 Å². The summed E-state index contributed by atoms with van der Waals surface area (Å²) in [7, 11) is 0. The highest BCUT2D eigenvalue weighted by molar-refractivity contribution is 5.81. The van der Waals surface area contributed by atoms with Gasteiger partial charge in [-0.15, -0.1) is 0 Å². The van der Waals surface area contributed by atoms with Gasteiger partial charge in [-0.05, 0) is 32.8 Å². The summed E-state index contributed by atoms with van der Waals surface area (Å²) in [6, 6.07) is 8.73. The molecule has 2 heterocycles. The van der Waals surface area contributed by atoms with Gasteiger partial charge < -0.3 is 5.32 Å². The van der Waals surface area contributed by atoms with Crippen LogP contribution in [0.3, 0.4) is 0 Å². The van der Waals surface area contributed by atoms with Crippen molar-refractivity contribution < 1.29 is 13.2 Å². The number of alkyl halides is 3. The largest absolute Gasteiger partial charge is 0.435 e. The topological polar surface area (TPSA) is 42.2 Å². The van der Waals surface area contributed by atoms with Crippen LogP contribution in [0.4, 0.5) is 19.0 Å². The second kappa shape index (κ2) is 6.63. The van der Waals surface area contributed by atoms with Gasteiger partial charge in [-0.3, -0.25) is 0 Å². The summed E-state index contributed by atoms with van der Waals surface area (Å²) in [5.74, 6) is 0.505. The maximum atomic E-state index is 13.7. The molecule has 0 aliphatic rings. The Hall–Kier alpha value is -2.57. The number of anilines is 1. The molecule has 0 aliphatic heterocycles. The number of aryl methyl sites for hydroxylation is 2. The summed E-state index contributed by atoms with van der Waals surface area (Å²) in [4.78, 5) is 4.36. The molecule has 0 saturated carbocycles. The summed E-state index contributed by atoms with van der Waals surface area (Å²) in [5.41, 5.74) is 1.34. The highest BCUT2D eigenvalue weighted by Gasteiger charge is 2.39. The van der Waals surface area contributed by atoms with Crippen molar-refractivity contribution in [3.05, 3.63) is 47.3 Å². The van der Waals surface area contributed by atoms with E-state index >= 15 is 0 Å². The van der Waals surface area contributed by atoms with E-state index in [0.717, 1.165) is 12.0 Å². The lowest BCUT2D eigenvalue weighted by atomic mass is 10.0. The van der Waals surface area contributed by atoms with Crippen molar-refractivity contribution in [3.63, 3.8) is 0 Å².